The lowest BCUT2D eigenvalue weighted by Gasteiger charge is -2.23. The monoisotopic (exact) mass is 203 g/mol. The third kappa shape index (κ3) is 2.60. The molecule has 0 aromatic heterocycles. The second-order valence-corrected chi connectivity index (χ2v) is 4.81. The van der Waals surface area contributed by atoms with E-state index in [1.165, 1.54) is 24.8 Å². The van der Waals surface area contributed by atoms with Gasteiger partial charge in [0, 0.05) is 12.1 Å². The van der Waals surface area contributed by atoms with Crippen LogP contribution in [0.3, 0.4) is 0 Å². The summed E-state index contributed by atoms with van der Waals surface area (Å²) in [7, 11) is 0. The fourth-order valence-electron chi connectivity index (χ4n) is 2.55. The molecule has 1 N–H and O–H groups in total. The van der Waals surface area contributed by atoms with Crippen molar-refractivity contribution < 1.29 is 0 Å². The summed E-state index contributed by atoms with van der Waals surface area (Å²) in [5, 5.41) is 3.74. The van der Waals surface area contributed by atoms with Crippen molar-refractivity contribution in [2.75, 3.05) is 0 Å². The zero-order valence-corrected chi connectivity index (χ0v) is 9.74. The molecule has 82 valence electrons. The zero-order chi connectivity index (χ0) is 10.7. The Bertz CT molecular complexity index is 293. The molecule has 1 aliphatic rings. The van der Waals surface area contributed by atoms with Crippen LogP contribution in [-0.4, -0.2) is 6.04 Å². The normalized spacial score (nSPS) is 27.9. The Morgan fingerprint density at radius 3 is 2.53 bits per heavy atom. The molecule has 1 nitrogen and oxygen atoms in total. The minimum atomic E-state index is 0.483. The first-order valence-corrected chi connectivity index (χ1v) is 6.08. The molecule has 0 bridgehead atoms. The van der Waals surface area contributed by atoms with E-state index in [0.717, 1.165) is 12.0 Å². The first-order valence-electron chi connectivity index (χ1n) is 6.08. The standard InChI is InChI=1S/C14H21N/c1-11-7-6-10-14(11)15-12(2)13-8-4-3-5-9-13/h3-5,8-9,11-12,14-15H,6-7,10H2,1-2H3/t11-,12+,14+/m1/s1. The highest BCUT2D eigenvalue weighted by molar-refractivity contribution is 5.18. The molecular formula is C14H21N. The van der Waals surface area contributed by atoms with Crippen molar-refractivity contribution in [3.63, 3.8) is 0 Å². The lowest BCUT2D eigenvalue weighted by molar-refractivity contribution is 0.388. The van der Waals surface area contributed by atoms with Crippen molar-refractivity contribution in [1.29, 1.82) is 0 Å². The van der Waals surface area contributed by atoms with Gasteiger partial charge in [0.05, 0.1) is 0 Å². The van der Waals surface area contributed by atoms with Gasteiger partial charge in [-0.1, -0.05) is 43.7 Å². The Morgan fingerprint density at radius 2 is 1.93 bits per heavy atom. The van der Waals surface area contributed by atoms with Gasteiger partial charge in [0.1, 0.15) is 0 Å². The fraction of sp³-hybridized carbons (Fsp3) is 0.571. The van der Waals surface area contributed by atoms with E-state index >= 15 is 0 Å². The molecule has 1 aromatic rings. The number of hydrogen-bond donors (Lipinski definition) is 1. The molecule has 2 rings (SSSR count). The quantitative estimate of drug-likeness (QED) is 0.792. The highest BCUT2D eigenvalue weighted by Gasteiger charge is 2.24. The van der Waals surface area contributed by atoms with Gasteiger partial charge in [-0.2, -0.15) is 0 Å². The van der Waals surface area contributed by atoms with Gasteiger partial charge in [0.2, 0.25) is 0 Å². The average molecular weight is 203 g/mol. The highest BCUT2D eigenvalue weighted by atomic mass is 15.0. The first kappa shape index (κ1) is 10.7. The predicted octanol–water partition coefficient (Wildman–Crippen LogP) is 3.53. The van der Waals surface area contributed by atoms with Crippen molar-refractivity contribution >= 4 is 0 Å². The second-order valence-electron chi connectivity index (χ2n) is 4.81. The Labute approximate surface area is 92.9 Å². The Kier molecular flexibility index (Phi) is 3.42. The van der Waals surface area contributed by atoms with Crippen LogP contribution in [0.1, 0.15) is 44.7 Å². The van der Waals surface area contributed by atoms with E-state index in [2.05, 4.69) is 49.5 Å². The summed E-state index contributed by atoms with van der Waals surface area (Å²) in [6.07, 6.45) is 4.12. The SMILES string of the molecule is C[C@H](N[C@H]1CCC[C@H]1C)c1ccccc1. The molecule has 1 saturated carbocycles. The van der Waals surface area contributed by atoms with E-state index in [1.807, 2.05) is 0 Å². The van der Waals surface area contributed by atoms with Crippen LogP contribution in [0.2, 0.25) is 0 Å². The van der Waals surface area contributed by atoms with Crippen molar-refractivity contribution in [3.05, 3.63) is 35.9 Å². The van der Waals surface area contributed by atoms with E-state index in [-0.39, 0.29) is 0 Å². The minimum absolute atomic E-state index is 0.483. The summed E-state index contributed by atoms with van der Waals surface area (Å²) in [6.45, 7) is 4.63. The van der Waals surface area contributed by atoms with Gasteiger partial charge in [0.25, 0.3) is 0 Å². The summed E-state index contributed by atoms with van der Waals surface area (Å²) in [6, 6.07) is 11.9. The van der Waals surface area contributed by atoms with E-state index in [9.17, 15) is 0 Å². The van der Waals surface area contributed by atoms with Crippen LogP contribution >= 0.6 is 0 Å². The predicted molar refractivity (Wildman–Crippen MR) is 64.8 cm³/mol. The lowest BCUT2D eigenvalue weighted by atomic mass is 10.0. The Hall–Kier alpha value is -0.820. The largest absolute Gasteiger partial charge is 0.307 e. The zero-order valence-electron chi connectivity index (χ0n) is 9.74. The molecule has 3 atom stereocenters. The van der Waals surface area contributed by atoms with Crippen LogP contribution in [-0.2, 0) is 0 Å². The number of nitrogens with one attached hydrogen (secondary N) is 1. The van der Waals surface area contributed by atoms with Gasteiger partial charge < -0.3 is 5.32 Å². The van der Waals surface area contributed by atoms with Crippen molar-refractivity contribution in [1.82, 2.24) is 5.32 Å². The molecule has 0 unspecified atom stereocenters. The maximum atomic E-state index is 3.74. The molecule has 0 saturated heterocycles. The van der Waals surface area contributed by atoms with Crippen LogP contribution in [0.15, 0.2) is 30.3 Å². The molecule has 1 aromatic carbocycles. The third-order valence-corrected chi connectivity index (χ3v) is 3.63. The van der Waals surface area contributed by atoms with Crippen LogP contribution in [0.25, 0.3) is 0 Å². The topological polar surface area (TPSA) is 12.0 Å². The van der Waals surface area contributed by atoms with E-state index in [1.54, 1.807) is 0 Å². The summed E-state index contributed by atoms with van der Waals surface area (Å²) in [4.78, 5) is 0. The van der Waals surface area contributed by atoms with Crippen molar-refractivity contribution in [3.8, 4) is 0 Å². The number of hydrogen-bond acceptors (Lipinski definition) is 1. The molecule has 0 heterocycles. The van der Waals surface area contributed by atoms with E-state index in [0.29, 0.717) is 6.04 Å². The van der Waals surface area contributed by atoms with Crippen LogP contribution in [0.4, 0.5) is 0 Å². The summed E-state index contributed by atoms with van der Waals surface area (Å²) >= 11 is 0. The van der Waals surface area contributed by atoms with Gasteiger partial charge >= 0.3 is 0 Å². The minimum Gasteiger partial charge on any atom is -0.307 e. The fourth-order valence-corrected chi connectivity index (χ4v) is 2.55. The summed E-state index contributed by atoms with van der Waals surface area (Å²) in [5.74, 6) is 0.844. The molecule has 1 heteroatoms. The molecular weight excluding hydrogens is 182 g/mol. The molecule has 1 fully saturated rings. The van der Waals surface area contributed by atoms with E-state index < -0.39 is 0 Å². The van der Waals surface area contributed by atoms with Crippen LogP contribution in [0, 0.1) is 5.92 Å². The molecule has 0 radical (unpaired) electrons. The smallest absolute Gasteiger partial charge is 0.0294 e. The molecule has 0 spiro atoms. The van der Waals surface area contributed by atoms with Gasteiger partial charge in [-0.05, 0) is 31.2 Å². The van der Waals surface area contributed by atoms with Crippen LogP contribution in [0.5, 0.6) is 0 Å². The maximum Gasteiger partial charge on any atom is 0.0294 e. The second kappa shape index (κ2) is 4.80. The van der Waals surface area contributed by atoms with Gasteiger partial charge in [-0.3, -0.25) is 0 Å². The Balaban J connectivity index is 1.95. The van der Waals surface area contributed by atoms with Crippen molar-refractivity contribution in [2.24, 2.45) is 5.92 Å². The van der Waals surface area contributed by atoms with Crippen LogP contribution < -0.4 is 5.32 Å². The van der Waals surface area contributed by atoms with Crippen molar-refractivity contribution in [2.45, 2.75) is 45.2 Å². The first-order chi connectivity index (χ1) is 7.27. The molecule has 0 aliphatic heterocycles. The highest BCUT2D eigenvalue weighted by Crippen LogP contribution is 2.27. The van der Waals surface area contributed by atoms with Gasteiger partial charge in [-0.25, -0.2) is 0 Å². The number of benzene rings is 1. The van der Waals surface area contributed by atoms with Gasteiger partial charge in [-0.15, -0.1) is 0 Å². The van der Waals surface area contributed by atoms with E-state index in [4.69, 9.17) is 0 Å². The average Bonchev–Trinajstić information content (AvgIpc) is 2.66. The summed E-state index contributed by atoms with van der Waals surface area (Å²) < 4.78 is 0. The lowest BCUT2D eigenvalue weighted by Crippen LogP contribution is -2.33. The third-order valence-electron chi connectivity index (χ3n) is 3.63. The summed E-state index contributed by atoms with van der Waals surface area (Å²) in [5.41, 5.74) is 1.40. The Morgan fingerprint density at radius 1 is 1.20 bits per heavy atom. The number of rotatable bonds is 3. The van der Waals surface area contributed by atoms with Gasteiger partial charge in [0.15, 0.2) is 0 Å². The molecule has 0 amide bonds. The molecule has 15 heavy (non-hydrogen) atoms. The maximum absolute atomic E-state index is 3.74. The molecule has 1 aliphatic carbocycles.